The zero-order chi connectivity index (χ0) is 22.1. The molecule has 0 saturated heterocycles. The Morgan fingerprint density at radius 3 is 2.60 bits per heavy atom. The van der Waals surface area contributed by atoms with Crippen LogP contribution < -0.4 is 32.2 Å². The van der Waals surface area contributed by atoms with E-state index in [0.29, 0.717) is 18.7 Å². The second-order valence-electron chi connectivity index (χ2n) is 6.52. The molecule has 2 aromatic rings. The molecule has 3 amide bonds. The van der Waals surface area contributed by atoms with Crippen LogP contribution >= 0.6 is 0 Å². The molecule has 0 fully saturated rings. The number of benzene rings is 2. The highest BCUT2D eigenvalue weighted by Crippen LogP contribution is 2.27. The van der Waals surface area contributed by atoms with Gasteiger partial charge in [0.1, 0.15) is 11.8 Å². The lowest BCUT2D eigenvalue weighted by Gasteiger charge is -2.18. The summed E-state index contributed by atoms with van der Waals surface area (Å²) >= 11 is 0. The van der Waals surface area contributed by atoms with E-state index in [1.165, 1.54) is 7.11 Å². The molecule has 0 bridgehead atoms. The minimum atomic E-state index is -0.957. The van der Waals surface area contributed by atoms with E-state index in [2.05, 4.69) is 16.0 Å². The number of ether oxygens (including phenoxy) is 1. The van der Waals surface area contributed by atoms with Gasteiger partial charge in [-0.15, -0.1) is 0 Å². The summed E-state index contributed by atoms with van der Waals surface area (Å²) in [5.74, 6) is -1.47. The largest absolute Gasteiger partial charge is 0.496 e. The van der Waals surface area contributed by atoms with Crippen molar-refractivity contribution >= 4 is 34.5 Å². The summed E-state index contributed by atoms with van der Waals surface area (Å²) in [6.07, 6.45) is 0.659. The van der Waals surface area contributed by atoms with Crippen LogP contribution in [0.2, 0.25) is 0 Å². The normalized spacial score (nSPS) is 11.4. The van der Waals surface area contributed by atoms with Gasteiger partial charge in [-0.25, -0.2) is 0 Å². The molecule has 30 heavy (non-hydrogen) atoms. The first kappa shape index (κ1) is 22.6. The maximum absolute atomic E-state index is 12.7. The number of imide groups is 1. The fourth-order valence-electron chi connectivity index (χ4n) is 2.90. The number of fused-ring (bicyclic) bond motifs is 1. The van der Waals surface area contributed by atoms with Crippen LogP contribution in [-0.2, 0) is 9.59 Å². The van der Waals surface area contributed by atoms with Crippen LogP contribution in [0, 0.1) is 5.41 Å². The molecule has 160 valence electrons. The zero-order valence-electron chi connectivity index (χ0n) is 16.7. The molecule has 10 heteroatoms. The summed E-state index contributed by atoms with van der Waals surface area (Å²) in [6, 6.07) is 9.65. The Balaban J connectivity index is 2.13. The third-order valence-corrected chi connectivity index (χ3v) is 4.36. The van der Waals surface area contributed by atoms with E-state index < -0.39 is 23.8 Å². The number of nitrogens with two attached hydrogens (primary N) is 2. The Hall–Kier alpha value is -3.66. The first-order valence-corrected chi connectivity index (χ1v) is 9.35. The van der Waals surface area contributed by atoms with Gasteiger partial charge in [-0.1, -0.05) is 24.3 Å². The number of hydrogen-bond acceptors (Lipinski definition) is 6. The van der Waals surface area contributed by atoms with E-state index in [-0.39, 0.29) is 24.5 Å². The second-order valence-corrected chi connectivity index (χ2v) is 6.52. The van der Waals surface area contributed by atoms with Crippen molar-refractivity contribution in [2.45, 2.75) is 18.9 Å². The molecule has 0 heterocycles. The fourth-order valence-corrected chi connectivity index (χ4v) is 2.90. The summed E-state index contributed by atoms with van der Waals surface area (Å²) < 4.78 is 5.35. The molecule has 0 aromatic heterocycles. The predicted octanol–water partition coefficient (Wildman–Crippen LogP) is -0.188. The first-order chi connectivity index (χ1) is 14.3. The quantitative estimate of drug-likeness (QED) is 0.187. The van der Waals surface area contributed by atoms with Gasteiger partial charge >= 0.3 is 0 Å². The zero-order valence-corrected chi connectivity index (χ0v) is 16.7. The van der Waals surface area contributed by atoms with Crippen LogP contribution in [-0.4, -0.2) is 49.9 Å². The maximum atomic E-state index is 12.7. The van der Waals surface area contributed by atoms with Crippen molar-refractivity contribution in [3.63, 3.8) is 0 Å². The van der Waals surface area contributed by atoms with Gasteiger partial charge in [0.15, 0.2) is 5.96 Å². The minimum absolute atomic E-state index is 0.192. The van der Waals surface area contributed by atoms with Crippen LogP contribution in [0.3, 0.4) is 0 Å². The molecule has 0 spiro atoms. The lowest BCUT2D eigenvalue weighted by Crippen LogP contribution is -2.50. The van der Waals surface area contributed by atoms with E-state index in [1.54, 1.807) is 12.1 Å². The molecule has 0 saturated carbocycles. The van der Waals surface area contributed by atoms with Crippen LogP contribution in [0.1, 0.15) is 23.2 Å². The molecule has 10 nitrogen and oxygen atoms in total. The van der Waals surface area contributed by atoms with Crippen molar-refractivity contribution in [3.8, 4) is 5.75 Å². The summed E-state index contributed by atoms with van der Waals surface area (Å²) in [6.45, 7) is 0.0543. The number of guanidine groups is 1. The lowest BCUT2D eigenvalue weighted by molar-refractivity contribution is -0.128. The molecule has 8 N–H and O–H groups in total. The van der Waals surface area contributed by atoms with Gasteiger partial charge in [-0.2, -0.15) is 0 Å². The van der Waals surface area contributed by atoms with E-state index in [4.69, 9.17) is 21.6 Å². The molecule has 2 aromatic carbocycles. The first-order valence-electron chi connectivity index (χ1n) is 9.35. The number of hydrogen-bond donors (Lipinski definition) is 6. The fraction of sp³-hybridized carbons (Fsp3) is 0.300. The highest BCUT2D eigenvalue weighted by Gasteiger charge is 2.23. The van der Waals surface area contributed by atoms with Gasteiger partial charge in [0.25, 0.3) is 5.91 Å². The van der Waals surface area contributed by atoms with E-state index in [1.807, 2.05) is 24.3 Å². The van der Waals surface area contributed by atoms with Gasteiger partial charge in [0.05, 0.1) is 13.7 Å². The Morgan fingerprint density at radius 2 is 1.93 bits per heavy atom. The second kappa shape index (κ2) is 10.8. The summed E-state index contributed by atoms with van der Waals surface area (Å²) in [5, 5.41) is 16.2. The number of amides is 3. The highest BCUT2D eigenvalue weighted by atomic mass is 16.5. The van der Waals surface area contributed by atoms with Crippen LogP contribution in [0.15, 0.2) is 36.4 Å². The number of rotatable bonds is 9. The van der Waals surface area contributed by atoms with Gasteiger partial charge in [0.2, 0.25) is 11.8 Å². The SMILES string of the molecule is COc1cc(C(=O)NC(=O)[C@H](CCCNC(=N)N)NC(=O)CN)cc2ccccc12. The highest BCUT2D eigenvalue weighted by molar-refractivity contribution is 6.09. The number of carbonyl (C=O) groups is 3. The number of nitrogens with one attached hydrogen (secondary N) is 4. The van der Waals surface area contributed by atoms with E-state index in [9.17, 15) is 14.4 Å². The molecule has 0 aliphatic rings. The summed E-state index contributed by atoms with van der Waals surface area (Å²) in [7, 11) is 1.50. The van der Waals surface area contributed by atoms with E-state index in [0.717, 1.165) is 10.8 Å². The third-order valence-electron chi connectivity index (χ3n) is 4.36. The monoisotopic (exact) mass is 414 g/mol. The average molecular weight is 414 g/mol. The Bertz CT molecular complexity index is 946. The number of carbonyl (C=O) groups excluding carboxylic acids is 3. The van der Waals surface area contributed by atoms with Crippen molar-refractivity contribution in [1.82, 2.24) is 16.0 Å². The molecule has 0 aliphatic carbocycles. The Labute approximate surface area is 173 Å². The standard InChI is InChI=1S/C20H26N6O4/c1-30-16-10-13(9-12-5-2-3-6-14(12)16)18(28)26-19(29)15(25-17(27)11-21)7-4-8-24-20(22)23/h2-3,5-6,9-10,15H,4,7-8,11,21H2,1H3,(H,25,27)(H4,22,23,24)(H,26,28,29)/t15-/m0/s1. The molecule has 0 radical (unpaired) electrons. The van der Waals surface area contributed by atoms with E-state index >= 15 is 0 Å². The Kier molecular flexibility index (Phi) is 8.12. The molecule has 1 atom stereocenters. The summed E-state index contributed by atoms with van der Waals surface area (Å²) in [4.78, 5) is 36.9. The number of methoxy groups -OCH3 is 1. The maximum Gasteiger partial charge on any atom is 0.258 e. The predicted molar refractivity (Wildman–Crippen MR) is 113 cm³/mol. The van der Waals surface area contributed by atoms with Crippen LogP contribution in [0.4, 0.5) is 0 Å². The molecule has 0 unspecified atom stereocenters. The Morgan fingerprint density at radius 1 is 1.20 bits per heavy atom. The van der Waals surface area contributed by atoms with Gasteiger partial charge in [0, 0.05) is 17.5 Å². The molecule has 2 rings (SSSR count). The van der Waals surface area contributed by atoms with Crippen molar-refractivity contribution in [2.75, 3.05) is 20.2 Å². The smallest absolute Gasteiger partial charge is 0.258 e. The topological polar surface area (TPSA) is 172 Å². The molecular weight excluding hydrogens is 388 g/mol. The van der Waals surface area contributed by atoms with Gasteiger partial charge < -0.3 is 26.8 Å². The summed E-state index contributed by atoms with van der Waals surface area (Å²) in [5.41, 5.74) is 10.8. The molecule has 0 aliphatic heterocycles. The van der Waals surface area contributed by atoms with Crippen LogP contribution in [0.25, 0.3) is 10.8 Å². The lowest BCUT2D eigenvalue weighted by atomic mass is 10.0. The average Bonchev–Trinajstić information content (AvgIpc) is 2.74. The van der Waals surface area contributed by atoms with Gasteiger partial charge in [-0.3, -0.25) is 25.1 Å². The third kappa shape index (κ3) is 6.17. The van der Waals surface area contributed by atoms with Crippen molar-refractivity contribution in [1.29, 1.82) is 5.41 Å². The van der Waals surface area contributed by atoms with Gasteiger partial charge in [-0.05, 0) is 30.4 Å². The molecular formula is C20H26N6O4. The van der Waals surface area contributed by atoms with Crippen molar-refractivity contribution in [2.24, 2.45) is 11.5 Å². The van der Waals surface area contributed by atoms with Crippen molar-refractivity contribution in [3.05, 3.63) is 42.0 Å². The minimum Gasteiger partial charge on any atom is -0.496 e. The van der Waals surface area contributed by atoms with Crippen LogP contribution in [0.5, 0.6) is 5.75 Å². The van der Waals surface area contributed by atoms with Crippen molar-refractivity contribution < 1.29 is 19.1 Å².